The van der Waals surface area contributed by atoms with Crippen LogP contribution in [0.1, 0.15) is 131 Å². The summed E-state index contributed by atoms with van der Waals surface area (Å²) in [5.74, 6) is 0.244. The van der Waals surface area contributed by atoms with Gasteiger partial charge >= 0.3 is 0 Å². The van der Waals surface area contributed by atoms with Gasteiger partial charge in [0, 0.05) is 22.9 Å². The van der Waals surface area contributed by atoms with Gasteiger partial charge in [-0.2, -0.15) is 0 Å². The fourth-order valence-electron chi connectivity index (χ4n) is 4.45. The van der Waals surface area contributed by atoms with Crippen molar-refractivity contribution in [2.75, 3.05) is 13.1 Å². The highest BCUT2D eigenvalue weighted by Crippen LogP contribution is 2.29. The van der Waals surface area contributed by atoms with Crippen LogP contribution in [-0.4, -0.2) is 37.0 Å². The minimum atomic E-state index is -0.381. The Labute approximate surface area is 211 Å². The molecule has 0 aliphatic heterocycles. The van der Waals surface area contributed by atoms with E-state index in [1.54, 1.807) is 0 Å². The van der Waals surface area contributed by atoms with Crippen molar-refractivity contribution in [1.29, 1.82) is 0 Å². The molecule has 0 heterocycles. The third-order valence-corrected chi connectivity index (χ3v) is 7.49. The summed E-state index contributed by atoms with van der Waals surface area (Å²) in [7, 11) is 0. The van der Waals surface area contributed by atoms with Crippen LogP contribution < -0.4 is 22.1 Å². The van der Waals surface area contributed by atoms with Gasteiger partial charge in [-0.05, 0) is 58.0 Å². The van der Waals surface area contributed by atoms with E-state index in [0.29, 0.717) is 13.1 Å². The zero-order valence-electron chi connectivity index (χ0n) is 23.4. The molecule has 0 saturated heterocycles. The van der Waals surface area contributed by atoms with Gasteiger partial charge < -0.3 is 22.1 Å². The number of unbranched alkanes of at least 4 members (excludes halogenated alkanes) is 5. The molecule has 0 saturated carbocycles. The van der Waals surface area contributed by atoms with E-state index in [9.17, 15) is 9.59 Å². The number of nitrogens with two attached hydrogens (primary N) is 2. The second-order valence-corrected chi connectivity index (χ2v) is 11.1. The summed E-state index contributed by atoms with van der Waals surface area (Å²) in [4.78, 5) is 26.2. The topological polar surface area (TPSA) is 110 Å². The van der Waals surface area contributed by atoms with Crippen LogP contribution in [0.25, 0.3) is 0 Å². The molecule has 2 amide bonds. The predicted octanol–water partition coefficient (Wildman–Crippen LogP) is 5.43. The van der Waals surface area contributed by atoms with Crippen molar-refractivity contribution in [3.05, 3.63) is 0 Å². The summed E-state index contributed by atoms with van der Waals surface area (Å²) in [5, 5.41) is 6.56. The summed E-state index contributed by atoms with van der Waals surface area (Å²) in [6, 6.07) is 0.0421. The van der Waals surface area contributed by atoms with Crippen LogP contribution in [0.15, 0.2) is 0 Å². The number of nitrogens with one attached hydrogen (secondary N) is 2. The van der Waals surface area contributed by atoms with E-state index in [2.05, 4.69) is 38.3 Å². The Morgan fingerprint density at radius 1 is 0.676 bits per heavy atom. The Bertz CT molecular complexity index is 553. The van der Waals surface area contributed by atoms with Crippen molar-refractivity contribution in [3.63, 3.8) is 0 Å². The lowest BCUT2D eigenvalue weighted by Crippen LogP contribution is -2.47. The Morgan fingerprint density at radius 3 is 1.62 bits per heavy atom. The van der Waals surface area contributed by atoms with Gasteiger partial charge in [0.15, 0.2) is 0 Å². The molecule has 0 radical (unpaired) electrons. The van der Waals surface area contributed by atoms with Crippen LogP contribution in [0, 0.1) is 10.8 Å². The first-order valence-electron chi connectivity index (χ1n) is 14.1. The van der Waals surface area contributed by atoms with Gasteiger partial charge in [-0.1, -0.05) is 86.5 Å². The molecule has 6 heteroatoms. The Balaban J connectivity index is 4.99. The van der Waals surface area contributed by atoms with Gasteiger partial charge in [0.25, 0.3) is 0 Å². The average Bonchev–Trinajstić information content (AvgIpc) is 2.80. The van der Waals surface area contributed by atoms with Crippen molar-refractivity contribution in [3.8, 4) is 0 Å². The van der Waals surface area contributed by atoms with Crippen LogP contribution in [-0.2, 0) is 9.59 Å². The molecule has 0 aliphatic rings. The molecule has 0 aromatic heterocycles. The van der Waals surface area contributed by atoms with E-state index in [4.69, 9.17) is 11.5 Å². The Hall–Kier alpha value is -1.14. The van der Waals surface area contributed by atoms with Gasteiger partial charge in [-0.15, -0.1) is 0 Å². The molecule has 0 bridgehead atoms. The lowest BCUT2D eigenvalue weighted by molar-refractivity contribution is -0.132. The molecular formula is C28H58N4O2. The maximum atomic E-state index is 13.2. The average molecular weight is 483 g/mol. The normalized spacial score (nSPS) is 15.4. The Morgan fingerprint density at radius 2 is 1.15 bits per heavy atom. The van der Waals surface area contributed by atoms with E-state index >= 15 is 0 Å². The molecule has 0 aromatic carbocycles. The first kappa shape index (κ1) is 32.9. The zero-order valence-corrected chi connectivity index (χ0v) is 23.4. The van der Waals surface area contributed by atoms with Gasteiger partial charge in [0.1, 0.15) is 0 Å². The van der Waals surface area contributed by atoms with Crippen LogP contribution in [0.2, 0.25) is 0 Å². The summed E-state index contributed by atoms with van der Waals surface area (Å²) < 4.78 is 0. The number of hydrogen-bond donors (Lipinski definition) is 4. The smallest absolute Gasteiger partial charge is 0.226 e. The molecule has 34 heavy (non-hydrogen) atoms. The quantitative estimate of drug-likeness (QED) is 0.164. The predicted molar refractivity (Wildman–Crippen MR) is 146 cm³/mol. The summed E-state index contributed by atoms with van der Waals surface area (Å²) >= 11 is 0. The van der Waals surface area contributed by atoms with Crippen LogP contribution in [0.3, 0.4) is 0 Å². The second-order valence-electron chi connectivity index (χ2n) is 11.1. The molecule has 0 rings (SSSR count). The summed E-state index contributed by atoms with van der Waals surface area (Å²) in [6.45, 7) is 13.7. The molecular weight excluding hydrogens is 424 g/mol. The molecule has 6 nitrogen and oxygen atoms in total. The van der Waals surface area contributed by atoms with E-state index in [0.717, 1.165) is 70.6 Å². The number of hydrogen-bond acceptors (Lipinski definition) is 4. The van der Waals surface area contributed by atoms with E-state index in [-0.39, 0.29) is 34.7 Å². The lowest BCUT2D eigenvalue weighted by Gasteiger charge is -2.31. The molecule has 3 atom stereocenters. The Kier molecular flexibility index (Phi) is 17.6. The van der Waals surface area contributed by atoms with Gasteiger partial charge in [-0.3, -0.25) is 9.59 Å². The van der Waals surface area contributed by atoms with E-state index < -0.39 is 0 Å². The fraction of sp³-hybridized carbons (Fsp3) is 0.929. The van der Waals surface area contributed by atoms with Gasteiger partial charge in [0.05, 0.1) is 0 Å². The van der Waals surface area contributed by atoms with Crippen LogP contribution >= 0.6 is 0 Å². The first-order valence-corrected chi connectivity index (χ1v) is 14.1. The number of carbonyl (C=O) groups is 2. The summed E-state index contributed by atoms with van der Waals surface area (Å²) in [5.41, 5.74) is 11.0. The molecule has 0 spiro atoms. The highest BCUT2D eigenvalue weighted by molar-refractivity contribution is 5.82. The maximum absolute atomic E-state index is 13.2. The van der Waals surface area contributed by atoms with Crippen molar-refractivity contribution < 1.29 is 9.59 Å². The molecule has 0 aromatic rings. The third-order valence-electron chi connectivity index (χ3n) is 7.49. The number of amides is 2. The molecule has 0 aliphatic carbocycles. The number of carbonyl (C=O) groups excluding carboxylic acids is 2. The van der Waals surface area contributed by atoms with Crippen molar-refractivity contribution in [1.82, 2.24) is 10.6 Å². The molecule has 6 N–H and O–H groups in total. The monoisotopic (exact) mass is 482 g/mol. The molecule has 0 fully saturated rings. The lowest BCUT2D eigenvalue weighted by atomic mass is 9.80. The highest BCUT2D eigenvalue weighted by Gasteiger charge is 2.32. The SMILES string of the molecule is CCCCCCC(C)(CC)C(=O)NC(CCN)CCC(CCN)NC(=O)C(C)(C)CCCCC. The van der Waals surface area contributed by atoms with Crippen LogP contribution in [0.5, 0.6) is 0 Å². The minimum absolute atomic E-state index is 0.0201. The minimum Gasteiger partial charge on any atom is -0.353 e. The van der Waals surface area contributed by atoms with Gasteiger partial charge in [-0.25, -0.2) is 0 Å². The van der Waals surface area contributed by atoms with Crippen molar-refractivity contribution in [2.45, 2.75) is 144 Å². The summed E-state index contributed by atoms with van der Waals surface area (Å²) in [6.07, 6.45) is 13.8. The number of rotatable bonds is 21. The fourth-order valence-corrected chi connectivity index (χ4v) is 4.45. The third kappa shape index (κ3) is 13.1. The van der Waals surface area contributed by atoms with Crippen molar-refractivity contribution in [2.24, 2.45) is 22.3 Å². The van der Waals surface area contributed by atoms with E-state index in [1.807, 2.05) is 13.8 Å². The first-order chi connectivity index (χ1) is 16.1. The van der Waals surface area contributed by atoms with Crippen LogP contribution in [0.4, 0.5) is 0 Å². The molecule has 202 valence electrons. The van der Waals surface area contributed by atoms with Crippen molar-refractivity contribution >= 4 is 11.8 Å². The largest absolute Gasteiger partial charge is 0.353 e. The zero-order chi connectivity index (χ0) is 26.0. The maximum Gasteiger partial charge on any atom is 0.226 e. The van der Waals surface area contributed by atoms with Gasteiger partial charge in [0.2, 0.25) is 11.8 Å². The van der Waals surface area contributed by atoms with E-state index in [1.165, 1.54) is 19.3 Å². The highest BCUT2D eigenvalue weighted by atomic mass is 16.2. The molecule has 3 unspecified atom stereocenters. The standard InChI is InChI=1S/C28H58N4O2/c1-7-10-12-14-20-28(6,9-3)26(34)32-24(18-22-30)16-15-23(17-21-29)31-25(33)27(4,5)19-13-11-8-2/h23-24H,7-22,29-30H2,1-6H3,(H,31,33)(H,32,34). The second kappa shape index (κ2) is 18.2.